The molecule has 0 radical (unpaired) electrons. The Morgan fingerprint density at radius 2 is 2.23 bits per heavy atom. The van der Waals surface area contributed by atoms with E-state index in [0.717, 1.165) is 6.08 Å². The van der Waals surface area contributed by atoms with Crippen LogP contribution in [0.4, 0.5) is 0 Å². The fraction of sp³-hybridized carbons (Fsp3) is 0.615. The number of aliphatic carboxylic acids is 1. The Balaban J connectivity index is 3.18. The van der Waals surface area contributed by atoms with Crippen LogP contribution in [0.5, 0.6) is 0 Å². The molecule has 0 aromatic rings. The topological polar surface area (TPSA) is 224 Å². The van der Waals surface area contributed by atoms with E-state index in [1.807, 2.05) is 0 Å². The average Bonchev–Trinajstić information content (AvgIpc) is 2.56. The molecule has 7 N–H and O–H groups in total. The molecule has 1 rings (SSSR count). The fourth-order valence-electron chi connectivity index (χ4n) is 2.29. The van der Waals surface area contributed by atoms with E-state index in [-0.39, 0.29) is 12.4 Å². The van der Waals surface area contributed by atoms with Gasteiger partial charge in [-0.2, -0.15) is 0 Å². The van der Waals surface area contributed by atoms with Crippen LogP contribution < -0.4 is 11.1 Å². The molecular formula is C13H20N6O7. The smallest absolute Gasteiger partial charge is 0.370 e. The Kier molecular flexibility index (Phi) is 7.80. The number of carbonyl (C=O) groups is 2. The lowest BCUT2D eigenvalue weighted by Gasteiger charge is -2.39. The second-order valence-electron chi connectivity index (χ2n) is 5.42. The molecule has 0 saturated carbocycles. The largest absolute Gasteiger partial charge is 0.478 e. The summed E-state index contributed by atoms with van der Waals surface area (Å²) in [4.78, 5) is 25.2. The van der Waals surface area contributed by atoms with Gasteiger partial charge in [-0.3, -0.25) is 10.2 Å². The number of carbonyl (C=O) groups excluding carboxylic acids is 1. The Hall–Kier alpha value is -2.86. The third-order valence-corrected chi connectivity index (χ3v) is 3.36. The lowest BCUT2D eigenvalue weighted by Crippen LogP contribution is -2.60. The molecule has 0 unspecified atom stereocenters. The van der Waals surface area contributed by atoms with E-state index in [1.54, 1.807) is 0 Å². The van der Waals surface area contributed by atoms with Gasteiger partial charge < -0.3 is 35.8 Å². The van der Waals surface area contributed by atoms with E-state index in [2.05, 4.69) is 15.3 Å². The van der Waals surface area contributed by atoms with Crippen molar-refractivity contribution in [2.45, 2.75) is 37.4 Å². The Morgan fingerprint density at radius 1 is 1.58 bits per heavy atom. The maximum Gasteiger partial charge on any atom is 0.370 e. The number of amides is 1. The van der Waals surface area contributed by atoms with E-state index in [4.69, 9.17) is 31.3 Å². The number of nitrogens with one attached hydrogen (secondary N) is 2. The third-order valence-electron chi connectivity index (χ3n) is 3.36. The highest BCUT2D eigenvalue weighted by Crippen LogP contribution is 2.25. The molecule has 13 nitrogen and oxygen atoms in total. The van der Waals surface area contributed by atoms with Gasteiger partial charge in [0.1, 0.15) is 24.7 Å². The van der Waals surface area contributed by atoms with E-state index in [0.29, 0.717) is 0 Å². The van der Waals surface area contributed by atoms with Gasteiger partial charge >= 0.3 is 5.97 Å². The van der Waals surface area contributed by atoms with Gasteiger partial charge in [-0.25, -0.2) is 4.79 Å². The quantitative estimate of drug-likeness (QED) is 0.0888. The van der Waals surface area contributed by atoms with Gasteiger partial charge in [0.25, 0.3) is 0 Å². The number of carboxylic acid groups (broad SMARTS) is 1. The first-order valence-corrected chi connectivity index (χ1v) is 7.37. The molecule has 1 heterocycles. The maximum atomic E-state index is 11.5. The third kappa shape index (κ3) is 5.89. The van der Waals surface area contributed by atoms with Crippen LogP contribution in [0.1, 0.15) is 6.92 Å². The summed E-state index contributed by atoms with van der Waals surface area (Å²) in [7, 11) is 0. The summed E-state index contributed by atoms with van der Waals surface area (Å²) >= 11 is 0. The van der Waals surface area contributed by atoms with Crippen LogP contribution in [-0.4, -0.2) is 76.6 Å². The van der Waals surface area contributed by atoms with E-state index in [9.17, 15) is 19.8 Å². The van der Waals surface area contributed by atoms with Crippen LogP contribution in [0.25, 0.3) is 10.4 Å². The van der Waals surface area contributed by atoms with Gasteiger partial charge in [0.05, 0.1) is 18.7 Å². The predicted molar refractivity (Wildman–Crippen MR) is 85.9 cm³/mol. The molecule has 144 valence electrons. The first-order chi connectivity index (χ1) is 12.2. The summed E-state index contributed by atoms with van der Waals surface area (Å²) in [6.45, 7) is 0.307. The summed E-state index contributed by atoms with van der Waals surface area (Å²) in [5.74, 6) is -2.93. The molecule has 5 atom stereocenters. The minimum atomic E-state index is -1.72. The lowest BCUT2D eigenvalue weighted by molar-refractivity contribution is -0.148. The first-order valence-electron chi connectivity index (χ1n) is 7.37. The fourth-order valence-corrected chi connectivity index (χ4v) is 2.29. The standard InChI is InChI=1S/C13H20N6O7/c1-5(20)18-10-7(25-4-9(14)15)2-8(13(23)24)26-12(10)11(22)6(21)3-17-19-16/h2,6-7,10-12,21-22H,3-4H2,1H3,(H3,14,15)(H,18,20)(H,23,24)/t6-,7+,10-,11-,12-/m1/s1. The molecule has 1 amide bonds. The minimum absolute atomic E-state index is 0.344. The van der Waals surface area contributed by atoms with Crippen LogP contribution >= 0.6 is 0 Å². The van der Waals surface area contributed by atoms with Crippen LogP contribution in [0.15, 0.2) is 16.9 Å². The van der Waals surface area contributed by atoms with Gasteiger partial charge in [0.15, 0.2) is 6.10 Å². The van der Waals surface area contributed by atoms with Gasteiger partial charge in [0, 0.05) is 11.8 Å². The van der Waals surface area contributed by atoms with Crippen LogP contribution in [0.3, 0.4) is 0 Å². The zero-order chi connectivity index (χ0) is 19.9. The van der Waals surface area contributed by atoms with Crippen molar-refractivity contribution < 1.29 is 34.4 Å². The SMILES string of the molecule is CC(=O)N[C@H]1[C@H]([C@H](O)[C@H](O)CN=[N+]=[N-])OC(C(=O)O)=C[C@@H]1OCC(=N)N. The number of nitrogens with zero attached hydrogens (tertiary/aromatic N) is 3. The number of azide groups is 1. The molecule has 0 aromatic heterocycles. The second kappa shape index (κ2) is 9.58. The highest BCUT2D eigenvalue weighted by atomic mass is 16.5. The normalized spacial score (nSPS) is 24.3. The molecule has 0 spiro atoms. The summed E-state index contributed by atoms with van der Waals surface area (Å²) in [5.41, 5.74) is 13.5. The number of nitrogens with two attached hydrogens (primary N) is 1. The second-order valence-corrected chi connectivity index (χ2v) is 5.42. The highest BCUT2D eigenvalue weighted by molar-refractivity contribution is 5.85. The van der Waals surface area contributed by atoms with Gasteiger partial charge in [-0.05, 0) is 11.6 Å². The Labute approximate surface area is 147 Å². The van der Waals surface area contributed by atoms with Crippen molar-refractivity contribution in [2.24, 2.45) is 10.8 Å². The molecule has 1 aliphatic heterocycles. The summed E-state index contributed by atoms with van der Waals surface area (Å²) in [5, 5.41) is 42.1. The number of amidine groups is 1. The van der Waals surface area contributed by atoms with Crippen molar-refractivity contribution in [1.82, 2.24) is 5.32 Å². The molecule has 0 bridgehead atoms. The molecule has 1 aliphatic rings. The Morgan fingerprint density at radius 3 is 2.73 bits per heavy atom. The van der Waals surface area contributed by atoms with E-state index in [1.165, 1.54) is 6.92 Å². The van der Waals surface area contributed by atoms with Gasteiger partial charge in [-0.15, -0.1) is 0 Å². The van der Waals surface area contributed by atoms with Gasteiger partial charge in [0.2, 0.25) is 11.7 Å². The Bertz CT molecular complexity index is 632. The molecule has 0 saturated heterocycles. The van der Waals surface area contributed by atoms with E-state index < -0.39 is 54.6 Å². The van der Waals surface area contributed by atoms with Gasteiger partial charge in [-0.1, -0.05) is 5.11 Å². The molecular weight excluding hydrogens is 352 g/mol. The number of carboxylic acids is 1. The number of aliphatic hydroxyl groups excluding tert-OH is 2. The summed E-state index contributed by atoms with van der Waals surface area (Å²) in [6, 6.07) is -1.11. The summed E-state index contributed by atoms with van der Waals surface area (Å²) < 4.78 is 10.5. The number of aliphatic hydroxyl groups is 2. The molecule has 26 heavy (non-hydrogen) atoms. The first kappa shape index (κ1) is 21.2. The summed E-state index contributed by atoms with van der Waals surface area (Å²) in [6.07, 6.45) is -4.81. The zero-order valence-corrected chi connectivity index (χ0v) is 13.8. The average molecular weight is 372 g/mol. The molecule has 13 heteroatoms. The van der Waals surface area contributed by atoms with Crippen molar-refractivity contribution >= 4 is 17.7 Å². The molecule has 0 fully saturated rings. The monoisotopic (exact) mass is 372 g/mol. The van der Waals surface area contributed by atoms with Crippen molar-refractivity contribution in [3.05, 3.63) is 22.3 Å². The van der Waals surface area contributed by atoms with Crippen molar-refractivity contribution in [3.63, 3.8) is 0 Å². The highest BCUT2D eigenvalue weighted by Gasteiger charge is 2.44. The number of hydrogen-bond acceptors (Lipinski definition) is 8. The lowest BCUT2D eigenvalue weighted by atomic mass is 9.93. The number of hydrogen-bond donors (Lipinski definition) is 6. The van der Waals surface area contributed by atoms with Crippen LogP contribution in [-0.2, 0) is 19.1 Å². The number of rotatable bonds is 9. The van der Waals surface area contributed by atoms with E-state index >= 15 is 0 Å². The van der Waals surface area contributed by atoms with Crippen molar-refractivity contribution in [1.29, 1.82) is 5.41 Å². The van der Waals surface area contributed by atoms with Crippen LogP contribution in [0, 0.1) is 5.41 Å². The molecule has 0 aromatic carbocycles. The zero-order valence-electron chi connectivity index (χ0n) is 13.8. The maximum absolute atomic E-state index is 11.5. The van der Waals surface area contributed by atoms with Crippen LogP contribution in [0.2, 0.25) is 0 Å². The van der Waals surface area contributed by atoms with Crippen molar-refractivity contribution in [2.75, 3.05) is 13.2 Å². The molecule has 0 aliphatic carbocycles. The number of ether oxygens (including phenoxy) is 2. The minimum Gasteiger partial charge on any atom is -0.478 e. The van der Waals surface area contributed by atoms with Crippen molar-refractivity contribution in [3.8, 4) is 0 Å². The predicted octanol–water partition coefficient (Wildman–Crippen LogP) is -1.79.